The van der Waals surface area contributed by atoms with Gasteiger partial charge in [-0.1, -0.05) is 20.3 Å². The highest BCUT2D eigenvalue weighted by Gasteiger charge is 2.26. The van der Waals surface area contributed by atoms with Crippen molar-refractivity contribution in [2.75, 3.05) is 39.8 Å². The molecule has 1 aromatic rings. The number of nitrogens with zero attached hydrogens (tertiary/aromatic N) is 2. The average Bonchev–Trinajstić information content (AvgIpc) is 2.81. The molecule has 32 heavy (non-hydrogen) atoms. The molecule has 1 atom stereocenters. The normalized spacial score (nSPS) is 21.0. The molecule has 3 rings (SSSR count). The Bertz CT molecular complexity index is 866. The molecule has 1 amide bonds. The molecule has 1 N–H and O–H groups in total. The first kappa shape index (κ1) is 25.0. The number of sulfonamides is 1. The number of carbonyl (C=O) groups excluding carboxylic acids is 1. The number of rotatable bonds is 9. The van der Waals surface area contributed by atoms with Crippen molar-refractivity contribution < 1.29 is 17.9 Å². The topological polar surface area (TPSA) is 79.0 Å². The molecule has 2 aliphatic rings. The largest absolute Gasteiger partial charge is 0.496 e. The molecule has 0 spiro atoms. The Morgan fingerprint density at radius 3 is 2.59 bits per heavy atom. The second-order valence-electron chi connectivity index (χ2n) is 9.18. The summed E-state index contributed by atoms with van der Waals surface area (Å²) in [7, 11) is -2.20. The van der Waals surface area contributed by atoms with Gasteiger partial charge in [0.15, 0.2) is 0 Å². The number of likely N-dealkylation sites (tertiary alicyclic amines) is 2. The molecule has 0 aliphatic carbocycles. The van der Waals surface area contributed by atoms with Gasteiger partial charge in [-0.25, -0.2) is 13.1 Å². The van der Waals surface area contributed by atoms with Crippen LogP contribution in [0.5, 0.6) is 5.75 Å². The average molecular weight is 466 g/mol. The fourth-order valence-corrected chi connectivity index (χ4v) is 5.89. The lowest BCUT2D eigenvalue weighted by molar-refractivity contribution is 0.0693. The van der Waals surface area contributed by atoms with Gasteiger partial charge >= 0.3 is 0 Å². The number of methoxy groups -OCH3 is 1. The Labute approximate surface area is 193 Å². The van der Waals surface area contributed by atoms with Crippen LogP contribution in [0, 0.1) is 5.92 Å². The lowest BCUT2D eigenvalue weighted by atomic mass is 9.98. The van der Waals surface area contributed by atoms with Crippen molar-refractivity contribution in [1.82, 2.24) is 14.5 Å². The Kier molecular flexibility index (Phi) is 8.96. The summed E-state index contributed by atoms with van der Waals surface area (Å²) in [4.78, 5) is 17.5. The van der Waals surface area contributed by atoms with E-state index in [4.69, 9.17) is 4.74 Å². The monoisotopic (exact) mass is 465 g/mol. The van der Waals surface area contributed by atoms with Crippen LogP contribution in [0.1, 0.15) is 69.2 Å². The lowest BCUT2D eigenvalue weighted by Crippen LogP contribution is -2.40. The first-order chi connectivity index (χ1) is 15.4. The Morgan fingerprint density at radius 2 is 1.91 bits per heavy atom. The van der Waals surface area contributed by atoms with Crippen molar-refractivity contribution in [3.8, 4) is 5.75 Å². The Balaban J connectivity index is 1.63. The molecule has 0 aromatic heterocycles. The van der Waals surface area contributed by atoms with Crippen LogP contribution in [-0.4, -0.2) is 70.0 Å². The van der Waals surface area contributed by atoms with Crippen LogP contribution < -0.4 is 9.46 Å². The number of nitrogens with one attached hydrogen (secondary N) is 1. The van der Waals surface area contributed by atoms with E-state index in [0.717, 1.165) is 38.8 Å². The zero-order chi connectivity index (χ0) is 23.1. The van der Waals surface area contributed by atoms with E-state index >= 15 is 0 Å². The van der Waals surface area contributed by atoms with Crippen LogP contribution in [0.2, 0.25) is 0 Å². The highest BCUT2D eigenvalue weighted by molar-refractivity contribution is 7.89. The minimum Gasteiger partial charge on any atom is -0.496 e. The molecule has 1 unspecified atom stereocenters. The van der Waals surface area contributed by atoms with E-state index in [9.17, 15) is 13.2 Å². The smallest absolute Gasteiger partial charge is 0.257 e. The second-order valence-corrected chi connectivity index (χ2v) is 10.9. The van der Waals surface area contributed by atoms with Crippen molar-refractivity contribution in [3.63, 3.8) is 0 Å². The van der Waals surface area contributed by atoms with E-state index < -0.39 is 10.0 Å². The fourth-order valence-electron chi connectivity index (χ4n) is 4.79. The van der Waals surface area contributed by atoms with Crippen molar-refractivity contribution in [1.29, 1.82) is 0 Å². The second kappa shape index (κ2) is 11.5. The first-order valence-corrected chi connectivity index (χ1v) is 13.5. The SMILES string of the molecule is CCC1CCCCN1CCCNS(=O)(=O)c1ccc(OC)c(C(=O)N2CCC(C)CC2)c1. The number of hydrogen-bond donors (Lipinski definition) is 1. The van der Waals surface area contributed by atoms with Gasteiger partial charge in [0.25, 0.3) is 5.91 Å². The van der Waals surface area contributed by atoms with Gasteiger partial charge in [0, 0.05) is 25.7 Å². The van der Waals surface area contributed by atoms with Gasteiger partial charge in [-0.15, -0.1) is 0 Å². The number of hydrogen-bond acceptors (Lipinski definition) is 5. The number of amides is 1. The van der Waals surface area contributed by atoms with Crippen molar-refractivity contribution in [3.05, 3.63) is 23.8 Å². The number of benzene rings is 1. The number of carbonyl (C=O) groups is 1. The van der Waals surface area contributed by atoms with E-state index in [1.165, 1.54) is 38.5 Å². The van der Waals surface area contributed by atoms with E-state index in [2.05, 4.69) is 23.5 Å². The van der Waals surface area contributed by atoms with Crippen LogP contribution in [-0.2, 0) is 10.0 Å². The molecule has 2 heterocycles. The molecular weight excluding hydrogens is 426 g/mol. The molecule has 0 bridgehead atoms. The molecule has 7 nitrogen and oxygen atoms in total. The van der Waals surface area contributed by atoms with Crippen LogP contribution in [0.3, 0.4) is 0 Å². The molecular formula is C24H39N3O4S. The third-order valence-corrected chi connectivity index (χ3v) is 8.38. The van der Waals surface area contributed by atoms with Gasteiger partial charge in [0.05, 0.1) is 17.6 Å². The van der Waals surface area contributed by atoms with Crippen LogP contribution in [0.25, 0.3) is 0 Å². The van der Waals surface area contributed by atoms with Gasteiger partial charge in [-0.3, -0.25) is 4.79 Å². The summed E-state index contributed by atoms with van der Waals surface area (Å²) in [5, 5.41) is 0. The first-order valence-electron chi connectivity index (χ1n) is 12.1. The van der Waals surface area contributed by atoms with Crippen molar-refractivity contribution in [2.24, 2.45) is 5.92 Å². The number of piperidine rings is 2. The summed E-state index contributed by atoms with van der Waals surface area (Å²) in [6, 6.07) is 5.16. The molecule has 180 valence electrons. The highest BCUT2D eigenvalue weighted by atomic mass is 32.2. The van der Waals surface area contributed by atoms with E-state index in [1.54, 1.807) is 11.0 Å². The van der Waals surface area contributed by atoms with Crippen LogP contribution >= 0.6 is 0 Å². The summed E-state index contributed by atoms with van der Waals surface area (Å²) in [5.41, 5.74) is 0.309. The Hall–Kier alpha value is -1.64. The van der Waals surface area contributed by atoms with Gasteiger partial charge < -0.3 is 14.5 Å². The van der Waals surface area contributed by atoms with E-state index in [1.807, 2.05) is 0 Å². The quantitative estimate of drug-likeness (QED) is 0.565. The third kappa shape index (κ3) is 6.23. The molecule has 2 aliphatic heterocycles. The maximum Gasteiger partial charge on any atom is 0.257 e. The summed E-state index contributed by atoms with van der Waals surface area (Å²) >= 11 is 0. The van der Waals surface area contributed by atoms with Crippen molar-refractivity contribution in [2.45, 2.75) is 69.7 Å². The standard InChI is InChI=1S/C24H39N3O4S/c1-4-20-8-5-6-14-26(20)15-7-13-25-32(29,30)21-9-10-23(31-3)22(18-21)24(28)27-16-11-19(2)12-17-27/h9-10,18-20,25H,4-8,11-17H2,1-3H3. The molecule has 2 fully saturated rings. The molecule has 0 radical (unpaired) electrons. The van der Waals surface area contributed by atoms with Gasteiger partial charge in [0.1, 0.15) is 5.75 Å². The number of ether oxygens (including phenoxy) is 1. The van der Waals surface area contributed by atoms with E-state index in [-0.39, 0.29) is 10.8 Å². The highest BCUT2D eigenvalue weighted by Crippen LogP contribution is 2.26. The third-order valence-electron chi connectivity index (χ3n) is 6.92. The molecule has 0 saturated carbocycles. The van der Waals surface area contributed by atoms with Gasteiger partial charge in [0.2, 0.25) is 10.0 Å². The van der Waals surface area contributed by atoms with Gasteiger partial charge in [-0.2, -0.15) is 0 Å². The van der Waals surface area contributed by atoms with Gasteiger partial charge in [-0.05, 0) is 75.7 Å². The zero-order valence-electron chi connectivity index (χ0n) is 19.8. The fraction of sp³-hybridized carbons (Fsp3) is 0.708. The zero-order valence-corrected chi connectivity index (χ0v) is 20.6. The molecule has 8 heteroatoms. The minimum absolute atomic E-state index is 0.108. The summed E-state index contributed by atoms with van der Waals surface area (Å²) in [6.45, 7) is 8.18. The predicted octanol–water partition coefficient (Wildman–Crippen LogP) is 3.50. The van der Waals surface area contributed by atoms with Crippen LogP contribution in [0.4, 0.5) is 0 Å². The maximum absolute atomic E-state index is 13.1. The molecule has 2 saturated heterocycles. The Morgan fingerprint density at radius 1 is 1.16 bits per heavy atom. The van der Waals surface area contributed by atoms with E-state index in [0.29, 0.717) is 42.9 Å². The summed E-state index contributed by atoms with van der Waals surface area (Å²) in [5.74, 6) is 0.846. The predicted molar refractivity (Wildman–Crippen MR) is 127 cm³/mol. The summed E-state index contributed by atoms with van der Waals surface area (Å²) < 4.78 is 33.9. The van der Waals surface area contributed by atoms with Crippen molar-refractivity contribution >= 4 is 15.9 Å². The summed E-state index contributed by atoms with van der Waals surface area (Å²) in [6.07, 6.45) is 7.58. The van der Waals surface area contributed by atoms with Crippen LogP contribution in [0.15, 0.2) is 23.1 Å². The molecule has 1 aromatic carbocycles. The lowest BCUT2D eigenvalue weighted by Gasteiger charge is -2.35. The minimum atomic E-state index is -3.70. The maximum atomic E-state index is 13.1.